The fourth-order valence-corrected chi connectivity index (χ4v) is 3.56. The molecule has 1 aromatic carbocycles. The van der Waals surface area contributed by atoms with Gasteiger partial charge in [-0.15, -0.1) is 0 Å². The van der Waals surface area contributed by atoms with Crippen molar-refractivity contribution in [2.75, 3.05) is 10.2 Å². The van der Waals surface area contributed by atoms with E-state index in [1.165, 1.54) is 29.7 Å². The third-order valence-electron chi connectivity index (χ3n) is 5.52. The normalized spacial score (nSPS) is 20.9. The van der Waals surface area contributed by atoms with Gasteiger partial charge in [0.1, 0.15) is 5.82 Å². The zero-order valence-corrected chi connectivity index (χ0v) is 15.5. The SMILES string of the molecule is CC[C@H](C)Nc1nc(C2CC2)cc(N2Cc3ccccc3C[C@@H]2C)n1. The van der Waals surface area contributed by atoms with Gasteiger partial charge < -0.3 is 10.2 Å². The van der Waals surface area contributed by atoms with E-state index < -0.39 is 0 Å². The van der Waals surface area contributed by atoms with Crippen LogP contribution in [-0.4, -0.2) is 22.1 Å². The summed E-state index contributed by atoms with van der Waals surface area (Å²) in [6.07, 6.45) is 4.67. The molecule has 2 aromatic rings. The third kappa shape index (κ3) is 3.48. The van der Waals surface area contributed by atoms with Gasteiger partial charge in [0.05, 0.1) is 5.69 Å². The van der Waals surface area contributed by atoms with Crippen LogP contribution in [0, 0.1) is 0 Å². The zero-order chi connectivity index (χ0) is 17.4. The average molecular weight is 336 g/mol. The molecule has 0 saturated heterocycles. The molecular weight excluding hydrogens is 308 g/mol. The molecule has 1 N–H and O–H groups in total. The number of hydrogen-bond donors (Lipinski definition) is 1. The van der Waals surface area contributed by atoms with Crippen LogP contribution in [0.3, 0.4) is 0 Å². The highest BCUT2D eigenvalue weighted by molar-refractivity contribution is 5.50. The van der Waals surface area contributed by atoms with E-state index in [-0.39, 0.29) is 0 Å². The van der Waals surface area contributed by atoms with Gasteiger partial charge in [-0.05, 0) is 50.7 Å². The first kappa shape index (κ1) is 16.4. The third-order valence-corrected chi connectivity index (χ3v) is 5.52. The van der Waals surface area contributed by atoms with E-state index in [0.29, 0.717) is 18.0 Å². The van der Waals surface area contributed by atoms with E-state index in [2.05, 4.69) is 61.3 Å². The second-order valence-corrected chi connectivity index (χ2v) is 7.65. The molecule has 2 aliphatic rings. The minimum Gasteiger partial charge on any atom is -0.352 e. The maximum Gasteiger partial charge on any atom is 0.225 e. The van der Waals surface area contributed by atoms with Crippen molar-refractivity contribution in [3.63, 3.8) is 0 Å². The maximum absolute atomic E-state index is 4.88. The van der Waals surface area contributed by atoms with Crippen LogP contribution in [-0.2, 0) is 13.0 Å². The molecule has 0 unspecified atom stereocenters. The number of hydrogen-bond acceptors (Lipinski definition) is 4. The van der Waals surface area contributed by atoms with Gasteiger partial charge >= 0.3 is 0 Å². The molecule has 4 nitrogen and oxygen atoms in total. The van der Waals surface area contributed by atoms with Crippen molar-refractivity contribution in [2.45, 2.75) is 71.0 Å². The highest BCUT2D eigenvalue weighted by Crippen LogP contribution is 2.41. The Balaban J connectivity index is 1.66. The molecule has 25 heavy (non-hydrogen) atoms. The molecular formula is C21H28N4. The van der Waals surface area contributed by atoms with Crippen LogP contribution in [0.1, 0.15) is 62.8 Å². The van der Waals surface area contributed by atoms with Crippen LogP contribution in [0.15, 0.2) is 30.3 Å². The Morgan fingerprint density at radius 1 is 1.20 bits per heavy atom. The number of aromatic nitrogens is 2. The van der Waals surface area contributed by atoms with E-state index in [4.69, 9.17) is 9.97 Å². The van der Waals surface area contributed by atoms with Crippen molar-refractivity contribution in [3.05, 3.63) is 47.2 Å². The molecule has 2 atom stereocenters. The van der Waals surface area contributed by atoms with Crippen LogP contribution in [0.25, 0.3) is 0 Å². The molecule has 1 fully saturated rings. The molecule has 1 aliphatic heterocycles. The smallest absolute Gasteiger partial charge is 0.225 e. The van der Waals surface area contributed by atoms with Crippen LogP contribution in [0.5, 0.6) is 0 Å². The van der Waals surface area contributed by atoms with Gasteiger partial charge in [-0.2, -0.15) is 4.98 Å². The topological polar surface area (TPSA) is 41.1 Å². The first-order valence-corrected chi connectivity index (χ1v) is 9.63. The Bertz CT molecular complexity index is 753. The van der Waals surface area contributed by atoms with Crippen molar-refractivity contribution in [1.82, 2.24) is 9.97 Å². The fraction of sp³-hybridized carbons (Fsp3) is 0.524. The van der Waals surface area contributed by atoms with E-state index >= 15 is 0 Å². The fourth-order valence-electron chi connectivity index (χ4n) is 3.56. The molecule has 132 valence electrons. The second kappa shape index (κ2) is 6.66. The van der Waals surface area contributed by atoms with E-state index in [1.807, 2.05) is 0 Å². The van der Waals surface area contributed by atoms with Gasteiger partial charge in [-0.3, -0.25) is 0 Å². The van der Waals surface area contributed by atoms with Gasteiger partial charge in [0.25, 0.3) is 0 Å². The molecule has 1 aromatic heterocycles. The Labute approximate surface area is 150 Å². The van der Waals surface area contributed by atoms with Crippen molar-refractivity contribution in [3.8, 4) is 0 Å². The Morgan fingerprint density at radius 2 is 1.96 bits per heavy atom. The molecule has 4 heteroatoms. The Hall–Kier alpha value is -2.10. The molecule has 1 saturated carbocycles. The highest BCUT2D eigenvalue weighted by atomic mass is 15.3. The summed E-state index contributed by atoms with van der Waals surface area (Å²) in [4.78, 5) is 12.1. The summed E-state index contributed by atoms with van der Waals surface area (Å²) in [5.74, 6) is 2.50. The van der Waals surface area contributed by atoms with Crippen LogP contribution in [0.4, 0.5) is 11.8 Å². The van der Waals surface area contributed by atoms with Crippen molar-refractivity contribution >= 4 is 11.8 Å². The molecule has 0 bridgehead atoms. The number of nitrogens with zero attached hydrogens (tertiary/aromatic N) is 3. The lowest BCUT2D eigenvalue weighted by molar-refractivity contribution is 0.585. The summed E-state index contributed by atoms with van der Waals surface area (Å²) in [6.45, 7) is 7.61. The second-order valence-electron chi connectivity index (χ2n) is 7.65. The summed E-state index contributed by atoms with van der Waals surface area (Å²) >= 11 is 0. The monoisotopic (exact) mass is 336 g/mol. The molecule has 0 spiro atoms. The predicted octanol–water partition coefficient (Wildman–Crippen LogP) is 4.52. The summed E-state index contributed by atoms with van der Waals surface area (Å²) in [5.41, 5.74) is 4.10. The molecule has 2 heterocycles. The van der Waals surface area contributed by atoms with E-state index in [1.54, 1.807) is 0 Å². The Morgan fingerprint density at radius 3 is 2.68 bits per heavy atom. The largest absolute Gasteiger partial charge is 0.352 e. The first-order chi connectivity index (χ1) is 12.1. The van der Waals surface area contributed by atoms with Crippen molar-refractivity contribution in [1.29, 1.82) is 0 Å². The van der Waals surface area contributed by atoms with E-state index in [0.717, 1.165) is 31.2 Å². The number of rotatable bonds is 5. The lowest BCUT2D eigenvalue weighted by atomic mass is 9.95. The van der Waals surface area contributed by atoms with Gasteiger partial charge in [-0.25, -0.2) is 4.98 Å². The molecule has 4 rings (SSSR count). The summed E-state index contributed by atoms with van der Waals surface area (Å²) in [7, 11) is 0. The lowest BCUT2D eigenvalue weighted by Gasteiger charge is -2.36. The van der Waals surface area contributed by atoms with Crippen molar-refractivity contribution in [2.24, 2.45) is 0 Å². The number of anilines is 2. The van der Waals surface area contributed by atoms with Gasteiger partial charge in [-0.1, -0.05) is 31.2 Å². The minimum atomic E-state index is 0.391. The Kier molecular flexibility index (Phi) is 4.36. The van der Waals surface area contributed by atoms with E-state index in [9.17, 15) is 0 Å². The number of nitrogens with one attached hydrogen (secondary N) is 1. The average Bonchev–Trinajstić information content (AvgIpc) is 3.46. The van der Waals surface area contributed by atoms with Gasteiger partial charge in [0.2, 0.25) is 5.95 Å². The first-order valence-electron chi connectivity index (χ1n) is 9.63. The highest BCUT2D eigenvalue weighted by Gasteiger charge is 2.29. The summed E-state index contributed by atoms with van der Waals surface area (Å²) in [5, 5.41) is 3.48. The van der Waals surface area contributed by atoms with Gasteiger partial charge in [0, 0.05) is 30.6 Å². The number of fused-ring (bicyclic) bond motifs is 1. The quantitative estimate of drug-likeness (QED) is 0.872. The lowest BCUT2D eigenvalue weighted by Crippen LogP contribution is -2.39. The summed E-state index contributed by atoms with van der Waals surface area (Å²) < 4.78 is 0. The standard InChI is InChI=1S/C21H28N4/c1-4-14(2)22-21-23-19(16-9-10-16)12-20(24-21)25-13-18-8-6-5-7-17(18)11-15(25)3/h5-8,12,14-16H,4,9-11,13H2,1-3H3,(H,22,23,24)/t14-,15-/m0/s1. The molecule has 0 amide bonds. The minimum absolute atomic E-state index is 0.391. The molecule has 1 aliphatic carbocycles. The summed E-state index contributed by atoms with van der Waals surface area (Å²) in [6, 6.07) is 11.9. The van der Waals surface area contributed by atoms with Crippen LogP contribution >= 0.6 is 0 Å². The van der Waals surface area contributed by atoms with Crippen molar-refractivity contribution < 1.29 is 0 Å². The van der Waals surface area contributed by atoms with Crippen LogP contribution < -0.4 is 10.2 Å². The van der Waals surface area contributed by atoms with Gasteiger partial charge in [0.15, 0.2) is 0 Å². The van der Waals surface area contributed by atoms with Crippen LogP contribution in [0.2, 0.25) is 0 Å². The zero-order valence-electron chi connectivity index (χ0n) is 15.5. The maximum atomic E-state index is 4.88. The predicted molar refractivity (Wildman–Crippen MR) is 103 cm³/mol. The number of benzene rings is 1. The molecule has 0 radical (unpaired) electrons.